The first-order chi connectivity index (χ1) is 13.4. The average Bonchev–Trinajstić information content (AvgIpc) is 2.67. The zero-order valence-electron chi connectivity index (χ0n) is 16.8. The number of anilines is 1. The number of methoxy groups -OCH3 is 2. The van der Waals surface area contributed by atoms with Crippen molar-refractivity contribution in [1.29, 1.82) is 5.26 Å². The molecule has 0 aliphatic rings. The largest absolute Gasteiger partial charge is 0.493 e. The van der Waals surface area contributed by atoms with Crippen LogP contribution in [0.1, 0.15) is 29.7 Å². The van der Waals surface area contributed by atoms with Gasteiger partial charge in [0, 0.05) is 11.9 Å². The number of carbonyl (C=O) groups excluding carboxylic acids is 1. The second-order valence-electron chi connectivity index (χ2n) is 6.50. The Kier molecular flexibility index (Phi) is 7.05. The van der Waals surface area contributed by atoms with Gasteiger partial charge in [0.25, 0.3) is 5.91 Å². The van der Waals surface area contributed by atoms with E-state index in [2.05, 4.69) is 16.7 Å². The van der Waals surface area contributed by atoms with Crippen LogP contribution in [0.5, 0.6) is 11.5 Å². The van der Waals surface area contributed by atoms with Gasteiger partial charge >= 0.3 is 0 Å². The van der Waals surface area contributed by atoms with E-state index in [4.69, 9.17) is 9.47 Å². The normalized spacial score (nSPS) is 11.9. The molecule has 2 N–H and O–H groups in total. The summed E-state index contributed by atoms with van der Waals surface area (Å²) in [6, 6.07) is 13.0. The number of carbonyl (C=O) groups is 1. The third-order valence-electron chi connectivity index (χ3n) is 4.23. The summed E-state index contributed by atoms with van der Waals surface area (Å²) in [5.41, 5.74) is 3.85. The standard InChI is InChI=1S/C22H25N3O3/c1-14-8-15(2)10-19(9-14)24-13-18(12-23)22(26)25-16(3)17-6-7-20(27-4)21(11-17)28-5/h6-11,13,16,24H,1-5H3,(H,25,26)/b18-13-. The molecule has 6 nitrogen and oxygen atoms in total. The number of ether oxygens (including phenoxy) is 2. The molecule has 2 aromatic rings. The quantitative estimate of drug-likeness (QED) is 0.561. The van der Waals surface area contributed by atoms with Crippen LogP contribution >= 0.6 is 0 Å². The molecule has 28 heavy (non-hydrogen) atoms. The highest BCUT2D eigenvalue weighted by atomic mass is 16.5. The third-order valence-corrected chi connectivity index (χ3v) is 4.23. The fraction of sp³-hybridized carbons (Fsp3) is 0.273. The zero-order chi connectivity index (χ0) is 20.7. The van der Waals surface area contributed by atoms with Gasteiger partial charge in [-0.25, -0.2) is 0 Å². The third kappa shape index (κ3) is 5.27. The minimum Gasteiger partial charge on any atom is -0.493 e. The van der Waals surface area contributed by atoms with Gasteiger partial charge in [-0.3, -0.25) is 4.79 Å². The first kappa shape index (κ1) is 20.8. The van der Waals surface area contributed by atoms with E-state index >= 15 is 0 Å². The summed E-state index contributed by atoms with van der Waals surface area (Å²) in [5.74, 6) is 0.732. The van der Waals surface area contributed by atoms with Gasteiger partial charge in [-0.05, 0) is 61.7 Å². The highest BCUT2D eigenvalue weighted by Gasteiger charge is 2.15. The highest BCUT2D eigenvalue weighted by molar-refractivity contribution is 5.97. The molecule has 0 saturated carbocycles. The van der Waals surface area contributed by atoms with Crippen molar-refractivity contribution in [3.63, 3.8) is 0 Å². The predicted octanol–water partition coefficient (Wildman–Crippen LogP) is 4.02. The van der Waals surface area contributed by atoms with Gasteiger partial charge in [0.05, 0.1) is 20.3 Å². The van der Waals surface area contributed by atoms with Crippen LogP contribution in [0.15, 0.2) is 48.2 Å². The number of hydrogen-bond acceptors (Lipinski definition) is 5. The number of amides is 1. The molecule has 0 spiro atoms. The van der Waals surface area contributed by atoms with E-state index in [1.165, 1.54) is 6.20 Å². The SMILES string of the molecule is COc1ccc(C(C)NC(=O)/C(C#N)=C\Nc2cc(C)cc(C)c2)cc1OC. The lowest BCUT2D eigenvalue weighted by Gasteiger charge is -2.16. The van der Waals surface area contributed by atoms with E-state index in [-0.39, 0.29) is 11.6 Å². The predicted molar refractivity (Wildman–Crippen MR) is 109 cm³/mol. The van der Waals surface area contributed by atoms with E-state index in [9.17, 15) is 10.1 Å². The molecule has 0 aliphatic carbocycles. The molecule has 0 radical (unpaired) electrons. The van der Waals surface area contributed by atoms with Gasteiger partial charge < -0.3 is 20.1 Å². The van der Waals surface area contributed by atoms with Crippen LogP contribution in [-0.4, -0.2) is 20.1 Å². The van der Waals surface area contributed by atoms with Crippen molar-refractivity contribution in [2.75, 3.05) is 19.5 Å². The second-order valence-corrected chi connectivity index (χ2v) is 6.50. The molecular formula is C22H25N3O3. The van der Waals surface area contributed by atoms with Gasteiger partial charge in [0.1, 0.15) is 11.6 Å². The Morgan fingerprint density at radius 3 is 2.29 bits per heavy atom. The molecule has 0 fully saturated rings. The van der Waals surface area contributed by atoms with Crippen LogP contribution in [0.4, 0.5) is 5.69 Å². The number of nitrogens with one attached hydrogen (secondary N) is 2. The van der Waals surface area contributed by atoms with Gasteiger partial charge in [-0.2, -0.15) is 5.26 Å². The average molecular weight is 379 g/mol. The Morgan fingerprint density at radius 1 is 1.07 bits per heavy atom. The van der Waals surface area contributed by atoms with Crippen molar-refractivity contribution in [3.05, 3.63) is 64.9 Å². The molecular weight excluding hydrogens is 354 g/mol. The molecule has 1 atom stereocenters. The molecule has 0 saturated heterocycles. The van der Waals surface area contributed by atoms with Crippen LogP contribution < -0.4 is 20.1 Å². The Bertz CT molecular complexity index is 909. The monoisotopic (exact) mass is 379 g/mol. The summed E-state index contributed by atoms with van der Waals surface area (Å²) in [6.07, 6.45) is 1.42. The van der Waals surface area contributed by atoms with Crippen molar-refractivity contribution in [2.45, 2.75) is 26.8 Å². The van der Waals surface area contributed by atoms with Crippen LogP contribution in [0.3, 0.4) is 0 Å². The molecule has 146 valence electrons. The minimum atomic E-state index is -0.457. The summed E-state index contributed by atoms with van der Waals surface area (Å²) in [4.78, 5) is 12.5. The number of benzene rings is 2. The molecule has 0 bridgehead atoms. The lowest BCUT2D eigenvalue weighted by Crippen LogP contribution is -2.28. The van der Waals surface area contributed by atoms with Gasteiger partial charge in [0.15, 0.2) is 11.5 Å². The molecule has 0 heterocycles. The summed E-state index contributed by atoms with van der Waals surface area (Å²) in [6.45, 7) is 5.82. The fourth-order valence-electron chi connectivity index (χ4n) is 2.84. The fourth-order valence-corrected chi connectivity index (χ4v) is 2.84. The molecule has 6 heteroatoms. The van der Waals surface area contributed by atoms with E-state index in [0.717, 1.165) is 22.4 Å². The molecule has 2 rings (SSSR count). The lowest BCUT2D eigenvalue weighted by atomic mass is 10.1. The number of nitrogens with zero attached hydrogens (tertiary/aromatic N) is 1. The summed E-state index contributed by atoms with van der Waals surface area (Å²) in [7, 11) is 3.12. The molecule has 1 unspecified atom stereocenters. The van der Waals surface area contributed by atoms with E-state index in [0.29, 0.717) is 11.5 Å². The maximum atomic E-state index is 12.5. The van der Waals surface area contributed by atoms with E-state index in [1.54, 1.807) is 26.4 Å². The molecule has 2 aromatic carbocycles. The smallest absolute Gasteiger partial charge is 0.263 e. The Balaban J connectivity index is 2.11. The highest BCUT2D eigenvalue weighted by Crippen LogP contribution is 2.29. The number of nitriles is 1. The van der Waals surface area contributed by atoms with Crippen LogP contribution in [-0.2, 0) is 4.79 Å². The maximum Gasteiger partial charge on any atom is 0.263 e. The second kappa shape index (κ2) is 9.47. The van der Waals surface area contributed by atoms with E-state index < -0.39 is 5.91 Å². The molecule has 0 aliphatic heterocycles. The van der Waals surface area contributed by atoms with Crippen LogP contribution in [0.25, 0.3) is 0 Å². The number of aryl methyl sites for hydroxylation is 2. The Hall–Kier alpha value is -3.46. The van der Waals surface area contributed by atoms with Gasteiger partial charge in [0.2, 0.25) is 0 Å². The summed E-state index contributed by atoms with van der Waals surface area (Å²) in [5, 5.41) is 15.2. The molecule has 0 aromatic heterocycles. The minimum absolute atomic E-state index is 0.00788. The van der Waals surface area contributed by atoms with Crippen molar-refractivity contribution >= 4 is 11.6 Å². The topological polar surface area (TPSA) is 83.4 Å². The first-order valence-corrected chi connectivity index (χ1v) is 8.85. The first-order valence-electron chi connectivity index (χ1n) is 8.85. The maximum absolute atomic E-state index is 12.5. The van der Waals surface area contributed by atoms with Crippen LogP contribution in [0, 0.1) is 25.2 Å². The Morgan fingerprint density at radius 2 is 1.71 bits per heavy atom. The molecule has 1 amide bonds. The van der Waals surface area contributed by atoms with Crippen molar-refractivity contribution in [3.8, 4) is 17.6 Å². The summed E-state index contributed by atoms with van der Waals surface area (Å²) >= 11 is 0. The van der Waals surface area contributed by atoms with Gasteiger partial charge in [-0.15, -0.1) is 0 Å². The van der Waals surface area contributed by atoms with Crippen LogP contribution in [0.2, 0.25) is 0 Å². The summed E-state index contributed by atoms with van der Waals surface area (Å²) < 4.78 is 10.5. The number of rotatable bonds is 7. The zero-order valence-corrected chi connectivity index (χ0v) is 16.8. The van der Waals surface area contributed by atoms with Crippen molar-refractivity contribution in [2.24, 2.45) is 0 Å². The number of hydrogen-bond donors (Lipinski definition) is 2. The Labute approximate surface area is 165 Å². The lowest BCUT2D eigenvalue weighted by molar-refractivity contribution is -0.117. The van der Waals surface area contributed by atoms with E-state index in [1.807, 2.05) is 45.0 Å². The van der Waals surface area contributed by atoms with Crippen molar-refractivity contribution < 1.29 is 14.3 Å². The van der Waals surface area contributed by atoms with Crippen molar-refractivity contribution in [1.82, 2.24) is 5.32 Å². The van der Waals surface area contributed by atoms with Gasteiger partial charge in [-0.1, -0.05) is 12.1 Å².